The highest BCUT2D eigenvalue weighted by molar-refractivity contribution is 7.91. The molecule has 0 spiro atoms. The quantitative estimate of drug-likeness (QED) is 0.806. The Hall–Kier alpha value is -1.60. The van der Waals surface area contributed by atoms with Gasteiger partial charge in [-0.15, -0.1) is 0 Å². The van der Waals surface area contributed by atoms with Gasteiger partial charge in [0, 0.05) is 5.69 Å². The van der Waals surface area contributed by atoms with E-state index in [0.29, 0.717) is 18.7 Å². The molecule has 0 radical (unpaired) electrons. The van der Waals surface area contributed by atoms with Gasteiger partial charge in [-0.1, -0.05) is 0 Å². The Morgan fingerprint density at radius 1 is 1.33 bits per heavy atom. The second-order valence-corrected chi connectivity index (χ2v) is 7.41. The number of hydrogen-bond donors (Lipinski definition) is 2. The molecule has 1 amide bonds. The van der Waals surface area contributed by atoms with Gasteiger partial charge in [-0.3, -0.25) is 4.79 Å². The fraction of sp³-hybridized carbons (Fsp3) is 0.500. The monoisotopic (exact) mass is 312 g/mol. The molecular weight excluding hydrogens is 292 g/mol. The molecule has 1 aromatic carbocycles. The van der Waals surface area contributed by atoms with E-state index in [4.69, 9.17) is 4.74 Å². The first-order valence-corrected chi connectivity index (χ1v) is 8.66. The van der Waals surface area contributed by atoms with Gasteiger partial charge in [-0.25, -0.2) is 8.42 Å². The summed E-state index contributed by atoms with van der Waals surface area (Å²) in [6, 6.07) is 7.07. The predicted octanol–water partition coefficient (Wildman–Crippen LogP) is 0.658. The molecule has 1 aliphatic heterocycles. The Kier molecular flexibility index (Phi) is 5.19. The summed E-state index contributed by atoms with van der Waals surface area (Å²) in [6.07, 6.45) is 0.676. The minimum atomic E-state index is -2.85. The lowest BCUT2D eigenvalue weighted by Crippen LogP contribution is -2.32. The Bertz CT molecular complexity index is 583. The van der Waals surface area contributed by atoms with Gasteiger partial charge in [0.15, 0.2) is 9.84 Å². The van der Waals surface area contributed by atoms with Crippen LogP contribution in [0.5, 0.6) is 5.75 Å². The molecule has 1 aromatic rings. The minimum absolute atomic E-state index is 0.115. The van der Waals surface area contributed by atoms with Crippen molar-refractivity contribution >= 4 is 21.4 Å². The summed E-state index contributed by atoms with van der Waals surface area (Å²) < 4.78 is 27.7. The molecule has 0 aliphatic carbocycles. The number of benzene rings is 1. The van der Waals surface area contributed by atoms with Crippen LogP contribution in [0.2, 0.25) is 0 Å². The van der Waals surface area contributed by atoms with Crippen LogP contribution in [0.15, 0.2) is 24.3 Å². The fourth-order valence-corrected chi connectivity index (χ4v) is 4.16. The third-order valence-electron chi connectivity index (χ3n) is 3.42. The van der Waals surface area contributed by atoms with Gasteiger partial charge in [0.2, 0.25) is 5.91 Å². The van der Waals surface area contributed by atoms with Gasteiger partial charge in [0.1, 0.15) is 5.75 Å². The second-order valence-electron chi connectivity index (χ2n) is 5.18. The number of carbonyl (C=O) groups excluding carboxylic acids is 1. The lowest BCUT2D eigenvalue weighted by Gasteiger charge is -2.10. The topological polar surface area (TPSA) is 84.5 Å². The molecule has 7 heteroatoms. The SMILES string of the molecule is COc1ccc(NC(=O)CNCC2CCS(=O)(=O)C2)cc1. The van der Waals surface area contributed by atoms with Crippen molar-refractivity contribution in [3.8, 4) is 5.75 Å². The highest BCUT2D eigenvalue weighted by atomic mass is 32.2. The summed E-state index contributed by atoms with van der Waals surface area (Å²) in [5, 5.41) is 5.77. The van der Waals surface area contributed by atoms with E-state index in [9.17, 15) is 13.2 Å². The average Bonchev–Trinajstić information content (AvgIpc) is 2.79. The van der Waals surface area contributed by atoms with Crippen LogP contribution in [0.25, 0.3) is 0 Å². The van der Waals surface area contributed by atoms with E-state index in [-0.39, 0.29) is 29.9 Å². The first-order chi connectivity index (χ1) is 9.98. The Balaban J connectivity index is 1.70. The van der Waals surface area contributed by atoms with Crippen LogP contribution in [0.1, 0.15) is 6.42 Å². The van der Waals surface area contributed by atoms with Gasteiger partial charge >= 0.3 is 0 Å². The van der Waals surface area contributed by atoms with Gasteiger partial charge < -0.3 is 15.4 Å². The van der Waals surface area contributed by atoms with Crippen molar-refractivity contribution in [2.24, 2.45) is 5.92 Å². The van der Waals surface area contributed by atoms with Gasteiger partial charge in [-0.2, -0.15) is 0 Å². The van der Waals surface area contributed by atoms with Crippen LogP contribution >= 0.6 is 0 Å². The van der Waals surface area contributed by atoms with Crippen LogP contribution in [0.4, 0.5) is 5.69 Å². The molecule has 1 fully saturated rings. The number of sulfone groups is 1. The van der Waals surface area contributed by atoms with E-state index in [0.717, 1.165) is 5.75 Å². The maximum atomic E-state index is 11.7. The summed E-state index contributed by atoms with van der Waals surface area (Å²) in [5.41, 5.74) is 0.700. The third kappa shape index (κ3) is 5.02. The smallest absolute Gasteiger partial charge is 0.238 e. The van der Waals surface area contributed by atoms with Crippen molar-refractivity contribution in [1.29, 1.82) is 0 Å². The Labute approximate surface area is 124 Å². The molecule has 116 valence electrons. The number of hydrogen-bond acceptors (Lipinski definition) is 5. The van der Waals surface area contributed by atoms with Gasteiger partial charge in [-0.05, 0) is 43.1 Å². The Morgan fingerprint density at radius 2 is 2.05 bits per heavy atom. The number of methoxy groups -OCH3 is 1. The van der Waals surface area contributed by atoms with Crippen LogP contribution in [0, 0.1) is 5.92 Å². The van der Waals surface area contributed by atoms with Crippen LogP contribution < -0.4 is 15.4 Å². The molecule has 21 heavy (non-hydrogen) atoms. The molecule has 1 heterocycles. The third-order valence-corrected chi connectivity index (χ3v) is 5.26. The van der Waals surface area contributed by atoms with Crippen LogP contribution in [-0.2, 0) is 14.6 Å². The largest absolute Gasteiger partial charge is 0.497 e. The van der Waals surface area contributed by atoms with Crippen LogP contribution in [0.3, 0.4) is 0 Å². The zero-order chi connectivity index (χ0) is 15.3. The first-order valence-electron chi connectivity index (χ1n) is 6.83. The van der Waals surface area contributed by atoms with E-state index in [1.54, 1.807) is 31.4 Å². The van der Waals surface area contributed by atoms with Crippen molar-refractivity contribution in [3.05, 3.63) is 24.3 Å². The second kappa shape index (κ2) is 6.91. The highest BCUT2D eigenvalue weighted by Crippen LogP contribution is 2.17. The highest BCUT2D eigenvalue weighted by Gasteiger charge is 2.27. The maximum Gasteiger partial charge on any atom is 0.238 e. The molecule has 1 unspecified atom stereocenters. The molecule has 1 saturated heterocycles. The van der Waals surface area contributed by atoms with Crippen molar-refractivity contribution in [1.82, 2.24) is 5.32 Å². The normalized spacial score (nSPS) is 20.1. The molecule has 2 rings (SSSR count). The summed E-state index contributed by atoms with van der Waals surface area (Å²) >= 11 is 0. The van der Waals surface area contributed by atoms with Gasteiger partial charge in [0.25, 0.3) is 0 Å². The predicted molar refractivity (Wildman–Crippen MR) is 81.3 cm³/mol. The summed E-state index contributed by atoms with van der Waals surface area (Å²) in [4.78, 5) is 11.7. The van der Waals surface area contributed by atoms with Crippen molar-refractivity contribution < 1.29 is 17.9 Å². The zero-order valence-electron chi connectivity index (χ0n) is 12.0. The fourth-order valence-electron chi connectivity index (χ4n) is 2.30. The van der Waals surface area contributed by atoms with E-state index in [1.165, 1.54) is 0 Å². The lowest BCUT2D eigenvalue weighted by molar-refractivity contribution is -0.115. The van der Waals surface area contributed by atoms with E-state index in [2.05, 4.69) is 10.6 Å². The first kappa shape index (κ1) is 15.8. The molecule has 0 bridgehead atoms. The number of carbonyl (C=O) groups is 1. The minimum Gasteiger partial charge on any atom is -0.497 e. The van der Waals surface area contributed by atoms with Crippen molar-refractivity contribution in [3.63, 3.8) is 0 Å². The Morgan fingerprint density at radius 3 is 2.62 bits per heavy atom. The number of nitrogens with one attached hydrogen (secondary N) is 2. The zero-order valence-corrected chi connectivity index (χ0v) is 12.8. The molecule has 2 N–H and O–H groups in total. The standard InChI is InChI=1S/C14H20N2O4S/c1-20-13-4-2-12(3-5-13)16-14(17)9-15-8-11-6-7-21(18,19)10-11/h2-5,11,15H,6-10H2,1H3,(H,16,17). The number of amides is 1. The van der Waals surface area contributed by atoms with Gasteiger partial charge in [0.05, 0.1) is 25.2 Å². The van der Waals surface area contributed by atoms with Crippen molar-refractivity contribution in [2.45, 2.75) is 6.42 Å². The van der Waals surface area contributed by atoms with Crippen LogP contribution in [-0.4, -0.2) is 46.0 Å². The molecule has 1 atom stereocenters. The number of rotatable bonds is 6. The molecule has 0 saturated carbocycles. The lowest BCUT2D eigenvalue weighted by atomic mass is 10.1. The van der Waals surface area contributed by atoms with E-state index < -0.39 is 9.84 Å². The van der Waals surface area contributed by atoms with E-state index >= 15 is 0 Å². The maximum absolute atomic E-state index is 11.7. The summed E-state index contributed by atoms with van der Waals surface area (Å²) in [5.74, 6) is 1.18. The molecule has 0 aromatic heterocycles. The number of anilines is 1. The van der Waals surface area contributed by atoms with E-state index in [1.807, 2.05) is 0 Å². The van der Waals surface area contributed by atoms with Crippen molar-refractivity contribution in [2.75, 3.05) is 37.0 Å². The summed E-state index contributed by atoms with van der Waals surface area (Å²) in [6.45, 7) is 0.720. The molecule has 1 aliphatic rings. The summed E-state index contributed by atoms with van der Waals surface area (Å²) in [7, 11) is -1.27. The number of ether oxygens (including phenoxy) is 1. The average molecular weight is 312 g/mol. The molecule has 6 nitrogen and oxygen atoms in total. The molecular formula is C14H20N2O4S.